The van der Waals surface area contributed by atoms with Crippen molar-refractivity contribution in [2.45, 2.75) is 0 Å². The molecule has 1 N–H and O–H groups in total. The van der Waals surface area contributed by atoms with Gasteiger partial charge in [-0.15, -0.1) is 0 Å². The minimum absolute atomic E-state index is 0.0528. The molecular formula is C15H8ClF2NO2. The Morgan fingerprint density at radius 2 is 1.86 bits per heavy atom. The summed E-state index contributed by atoms with van der Waals surface area (Å²) >= 11 is 5.85. The number of carbonyl (C=O) groups is 1. The van der Waals surface area contributed by atoms with Crippen molar-refractivity contribution < 1.29 is 18.0 Å². The van der Waals surface area contributed by atoms with E-state index >= 15 is 0 Å². The average Bonchev–Trinajstić information content (AvgIpc) is 2.86. The van der Waals surface area contributed by atoms with E-state index in [2.05, 4.69) is 5.32 Å². The van der Waals surface area contributed by atoms with Crippen molar-refractivity contribution in [2.75, 3.05) is 5.32 Å². The maximum atomic E-state index is 13.1. The predicted octanol–water partition coefficient (Wildman–Crippen LogP) is 4.62. The van der Waals surface area contributed by atoms with Crippen LogP contribution >= 0.6 is 11.6 Å². The molecule has 1 amide bonds. The van der Waals surface area contributed by atoms with Crippen LogP contribution in [-0.4, -0.2) is 5.91 Å². The molecule has 0 aliphatic heterocycles. The van der Waals surface area contributed by atoms with Crippen LogP contribution in [0.5, 0.6) is 0 Å². The lowest BCUT2D eigenvalue weighted by atomic mass is 10.2. The van der Waals surface area contributed by atoms with Gasteiger partial charge in [0.25, 0.3) is 5.91 Å². The molecular weight excluding hydrogens is 300 g/mol. The van der Waals surface area contributed by atoms with E-state index in [0.29, 0.717) is 16.0 Å². The van der Waals surface area contributed by atoms with Crippen LogP contribution < -0.4 is 5.32 Å². The molecule has 0 aliphatic rings. The molecule has 1 aromatic heterocycles. The number of halogens is 3. The van der Waals surface area contributed by atoms with Crippen molar-refractivity contribution in [1.29, 1.82) is 0 Å². The second-order valence-corrected chi connectivity index (χ2v) is 4.81. The Hall–Kier alpha value is -2.40. The Bertz CT molecular complexity index is 845. The molecule has 0 aliphatic carbocycles. The van der Waals surface area contributed by atoms with E-state index in [1.165, 1.54) is 12.1 Å². The van der Waals surface area contributed by atoms with Crippen LogP contribution in [0, 0.1) is 11.6 Å². The predicted molar refractivity (Wildman–Crippen MR) is 75.5 cm³/mol. The summed E-state index contributed by atoms with van der Waals surface area (Å²) in [4.78, 5) is 12.0. The number of amides is 1. The maximum absolute atomic E-state index is 13.1. The summed E-state index contributed by atoms with van der Waals surface area (Å²) in [6.07, 6.45) is 0. The molecule has 3 rings (SSSR count). The van der Waals surface area contributed by atoms with E-state index in [1.807, 2.05) is 0 Å². The number of furan rings is 1. The first-order chi connectivity index (χ1) is 10.0. The standard InChI is InChI=1S/C15H8ClF2NO2/c16-9-1-4-13-8(5-9)6-14(21-13)15(20)19-10-2-3-11(17)12(18)7-10/h1-7H,(H,19,20). The zero-order valence-corrected chi connectivity index (χ0v) is 11.2. The van der Waals surface area contributed by atoms with Gasteiger partial charge in [-0.25, -0.2) is 8.78 Å². The number of rotatable bonds is 2. The lowest BCUT2D eigenvalue weighted by molar-refractivity contribution is 0.0998. The van der Waals surface area contributed by atoms with Gasteiger partial charge in [0.05, 0.1) is 0 Å². The number of fused-ring (bicyclic) bond motifs is 1. The molecule has 0 saturated heterocycles. The lowest BCUT2D eigenvalue weighted by Crippen LogP contribution is -2.11. The Balaban J connectivity index is 1.87. The van der Waals surface area contributed by atoms with Crippen LogP contribution in [0.15, 0.2) is 46.9 Å². The number of anilines is 1. The fourth-order valence-electron chi connectivity index (χ4n) is 1.89. The van der Waals surface area contributed by atoms with Crippen LogP contribution in [0.2, 0.25) is 5.02 Å². The van der Waals surface area contributed by atoms with Crippen LogP contribution in [-0.2, 0) is 0 Å². The summed E-state index contributed by atoms with van der Waals surface area (Å²) in [5, 5.41) is 3.63. The Labute approximate surface area is 123 Å². The summed E-state index contributed by atoms with van der Waals surface area (Å²) < 4.78 is 31.3. The van der Waals surface area contributed by atoms with Gasteiger partial charge >= 0.3 is 0 Å². The lowest BCUT2D eigenvalue weighted by Gasteiger charge is -2.03. The Morgan fingerprint density at radius 3 is 2.62 bits per heavy atom. The molecule has 0 unspecified atom stereocenters. The quantitative estimate of drug-likeness (QED) is 0.751. The summed E-state index contributed by atoms with van der Waals surface area (Å²) in [5.41, 5.74) is 0.646. The minimum atomic E-state index is -1.04. The first kappa shape index (κ1) is 13.6. The molecule has 0 bridgehead atoms. The van der Waals surface area contributed by atoms with E-state index in [1.54, 1.807) is 18.2 Å². The third-order valence-electron chi connectivity index (χ3n) is 2.88. The SMILES string of the molecule is O=C(Nc1ccc(F)c(F)c1)c1cc2cc(Cl)ccc2o1. The fraction of sp³-hybridized carbons (Fsp3) is 0. The zero-order valence-electron chi connectivity index (χ0n) is 10.5. The highest BCUT2D eigenvalue weighted by atomic mass is 35.5. The van der Waals surface area contributed by atoms with Crippen molar-refractivity contribution in [3.8, 4) is 0 Å². The van der Waals surface area contributed by atoms with Gasteiger partial charge in [0.1, 0.15) is 5.58 Å². The Kier molecular flexibility index (Phi) is 3.35. The van der Waals surface area contributed by atoms with E-state index in [4.69, 9.17) is 16.0 Å². The normalized spacial score (nSPS) is 10.8. The van der Waals surface area contributed by atoms with Crippen LogP contribution in [0.3, 0.4) is 0 Å². The maximum Gasteiger partial charge on any atom is 0.291 e. The fourth-order valence-corrected chi connectivity index (χ4v) is 2.07. The smallest absolute Gasteiger partial charge is 0.291 e. The monoisotopic (exact) mass is 307 g/mol. The third kappa shape index (κ3) is 2.73. The molecule has 0 fully saturated rings. The van der Waals surface area contributed by atoms with E-state index in [9.17, 15) is 13.6 Å². The molecule has 0 atom stereocenters. The molecule has 3 aromatic rings. The molecule has 2 aromatic carbocycles. The number of hydrogen-bond acceptors (Lipinski definition) is 2. The number of hydrogen-bond donors (Lipinski definition) is 1. The van der Waals surface area contributed by atoms with Crippen LogP contribution in [0.4, 0.5) is 14.5 Å². The van der Waals surface area contributed by atoms with Gasteiger partial charge in [-0.3, -0.25) is 4.79 Å². The Morgan fingerprint density at radius 1 is 1.05 bits per heavy atom. The first-order valence-electron chi connectivity index (χ1n) is 5.98. The highest BCUT2D eigenvalue weighted by Gasteiger charge is 2.13. The molecule has 3 nitrogen and oxygen atoms in total. The van der Waals surface area contributed by atoms with Gasteiger partial charge in [0.15, 0.2) is 17.4 Å². The zero-order chi connectivity index (χ0) is 15.0. The minimum Gasteiger partial charge on any atom is -0.451 e. The summed E-state index contributed by atoms with van der Waals surface area (Å²) in [6, 6.07) is 9.56. The molecule has 21 heavy (non-hydrogen) atoms. The van der Waals surface area contributed by atoms with Crippen molar-refractivity contribution in [1.82, 2.24) is 0 Å². The van der Waals surface area contributed by atoms with Crippen LogP contribution in [0.1, 0.15) is 10.6 Å². The number of nitrogens with one attached hydrogen (secondary N) is 1. The third-order valence-corrected chi connectivity index (χ3v) is 3.11. The first-order valence-corrected chi connectivity index (χ1v) is 6.36. The van der Waals surface area contributed by atoms with Crippen molar-refractivity contribution in [2.24, 2.45) is 0 Å². The van der Waals surface area contributed by atoms with Gasteiger partial charge in [0.2, 0.25) is 0 Å². The number of carbonyl (C=O) groups excluding carboxylic acids is 1. The van der Waals surface area contributed by atoms with E-state index in [-0.39, 0.29) is 11.4 Å². The molecule has 1 heterocycles. The van der Waals surface area contributed by atoms with Gasteiger partial charge in [-0.2, -0.15) is 0 Å². The highest BCUT2D eigenvalue weighted by molar-refractivity contribution is 6.31. The largest absolute Gasteiger partial charge is 0.451 e. The molecule has 0 spiro atoms. The van der Waals surface area contributed by atoms with Gasteiger partial charge < -0.3 is 9.73 Å². The van der Waals surface area contributed by atoms with Gasteiger partial charge in [-0.05, 0) is 36.4 Å². The molecule has 6 heteroatoms. The van der Waals surface area contributed by atoms with E-state index < -0.39 is 17.5 Å². The average molecular weight is 308 g/mol. The van der Waals surface area contributed by atoms with Crippen molar-refractivity contribution in [3.63, 3.8) is 0 Å². The number of benzene rings is 2. The second kappa shape index (κ2) is 5.18. The molecule has 106 valence electrons. The van der Waals surface area contributed by atoms with Gasteiger partial charge in [0, 0.05) is 22.2 Å². The van der Waals surface area contributed by atoms with Gasteiger partial charge in [-0.1, -0.05) is 11.6 Å². The van der Waals surface area contributed by atoms with Crippen molar-refractivity contribution >= 4 is 34.2 Å². The highest BCUT2D eigenvalue weighted by Crippen LogP contribution is 2.24. The van der Waals surface area contributed by atoms with E-state index in [0.717, 1.165) is 12.1 Å². The van der Waals surface area contributed by atoms with Crippen molar-refractivity contribution in [3.05, 3.63) is 64.9 Å². The molecule has 0 saturated carbocycles. The topological polar surface area (TPSA) is 42.2 Å². The second-order valence-electron chi connectivity index (χ2n) is 4.38. The summed E-state index contributed by atoms with van der Waals surface area (Å²) in [5.74, 6) is -2.53. The van der Waals surface area contributed by atoms with Crippen LogP contribution in [0.25, 0.3) is 11.0 Å². The summed E-state index contributed by atoms with van der Waals surface area (Å²) in [7, 11) is 0. The summed E-state index contributed by atoms with van der Waals surface area (Å²) in [6.45, 7) is 0. The molecule has 0 radical (unpaired) electrons.